The zero-order chi connectivity index (χ0) is 19.4. The molecule has 26 heavy (non-hydrogen) atoms. The Balaban J connectivity index is 1.83. The van der Waals surface area contributed by atoms with E-state index in [4.69, 9.17) is 0 Å². The number of piperidine rings is 1. The molecule has 0 spiro atoms. The second-order valence-electron chi connectivity index (χ2n) is 6.63. The highest BCUT2D eigenvalue weighted by atomic mass is 32.2. The Hall–Kier alpha value is -1.61. The van der Waals surface area contributed by atoms with Gasteiger partial charge < -0.3 is 10.2 Å². The Morgan fingerprint density at radius 2 is 1.92 bits per heavy atom. The van der Waals surface area contributed by atoms with Crippen molar-refractivity contribution in [3.05, 3.63) is 29.8 Å². The van der Waals surface area contributed by atoms with Gasteiger partial charge in [0.05, 0.1) is 4.90 Å². The molecular formula is C17H23F3N2O3S. The van der Waals surface area contributed by atoms with Crippen molar-refractivity contribution in [2.24, 2.45) is 5.92 Å². The number of sulfone groups is 1. The van der Waals surface area contributed by atoms with Gasteiger partial charge in [0.1, 0.15) is 0 Å². The molecule has 1 amide bonds. The number of amides is 1. The van der Waals surface area contributed by atoms with Crippen LogP contribution in [-0.4, -0.2) is 50.9 Å². The summed E-state index contributed by atoms with van der Waals surface area (Å²) in [4.78, 5) is 13.5. The van der Waals surface area contributed by atoms with E-state index in [1.807, 2.05) is 0 Å². The molecule has 0 aromatic heterocycles. The van der Waals surface area contributed by atoms with E-state index < -0.39 is 26.1 Å². The molecule has 1 aromatic carbocycles. The van der Waals surface area contributed by atoms with Gasteiger partial charge in [0.2, 0.25) is 0 Å². The summed E-state index contributed by atoms with van der Waals surface area (Å²) >= 11 is 0. The molecule has 0 bridgehead atoms. The molecule has 1 aliphatic rings. The van der Waals surface area contributed by atoms with Crippen LogP contribution in [0.2, 0.25) is 0 Å². The number of carbonyl (C=O) groups is 1. The average molecular weight is 392 g/mol. The number of rotatable bonds is 6. The summed E-state index contributed by atoms with van der Waals surface area (Å²) in [5.74, 6) is 0.248. The van der Waals surface area contributed by atoms with Crippen LogP contribution in [0.25, 0.3) is 0 Å². The second-order valence-corrected chi connectivity index (χ2v) is 8.57. The van der Waals surface area contributed by atoms with Crippen LogP contribution in [0.1, 0.15) is 36.5 Å². The van der Waals surface area contributed by atoms with E-state index in [-0.39, 0.29) is 5.56 Å². The zero-order valence-corrected chi connectivity index (χ0v) is 15.4. The van der Waals surface area contributed by atoms with Crippen LogP contribution in [0.4, 0.5) is 13.2 Å². The predicted molar refractivity (Wildman–Crippen MR) is 91.5 cm³/mol. The standard InChI is InChI=1S/C17H23F3N2O3S/c1-13-4-2-10-22(12-13)11-3-9-21-16(23)14-5-7-15(8-6-14)26(24,25)17(18,19)20/h5-8,13H,2-4,9-12H2,1H3,(H,21,23). The van der Waals surface area contributed by atoms with Gasteiger partial charge in [0.25, 0.3) is 15.7 Å². The molecule has 0 aliphatic carbocycles. The maximum atomic E-state index is 12.5. The van der Waals surface area contributed by atoms with Crippen molar-refractivity contribution in [1.29, 1.82) is 0 Å². The summed E-state index contributed by atoms with van der Waals surface area (Å²) in [5, 5.41) is 2.70. The van der Waals surface area contributed by atoms with Crippen molar-refractivity contribution in [1.82, 2.24) is 10.2 Å². The van der Waals surface area contributed by atoms with Crippen molar-refractivity contribution in [3.8, 4) is 0 Å². The fourth-order valence-electron chi connectivity index (χ4n) is 3.02. The highest BCUT2D eigenvalue weighted by Crippen LogP contribution is 2.30. The molecule has 1 fully saturated rings. The Labute approximate surface area is 151 Å². The minimum Gasteiger partial charge on any atom is -0.352 e. The van der Waals surface area contributed by atoms with E-state index in [2.05, 4.69) is 17.1 Å². The van der Waals surface area contributed by atoms with Crippen LogP contribution in [0, 0.1) is 5.92 Å². The fourth-order valence-corrected chi connectivity index (χ4v) is 3.78. The summed E-state index contributed by atoms with van der Waals surface area (Å²) in [6.07, 6.45) is 3.20. The first-order chi connectivity index (χ1) is 12.1. The second kappa shape index (κ2) is 8.39. The van der Waals surface area contributed by atoms with Gasteiger partial charge in [-0.15, -0.1) is 0 Å². The third-order valence-corrected chi connectivity index (χ3v) is 5.91. The maximum Gasteiger partial charge on any atom is 0.501 e. The monoisotopic (exact) mass is 392 g/mol. The highest BCUT2D eigenvalue weighted by molar-refractivity contribution is 7.92. The summed E-state index contributed by atoms with van der Waals surface area (Å²) in [7, 11) is -5.39. The lowest BCUT2D eigenvalue weighted by atomic mass is 10.0. The number of hydrogen-bond acceptors (Lipinski definition) is 4. The number of halogens is 3. The lowest BCUT2D eigenvalue weighted by molar-refractivity contribution is -0.0436. The molecule has 1 N–H and O–H groups in total. The van der Waals surface area contributed by atoms with Gasteiger partial charge in [0.15, 0.2) is 0 Å². The van der Waals surface area contributed by atoms with Gasteiger partial charge in [-0.2, -0.15) is 13.2 Å². The topological polar surface area (TPSA) is 66.5 Å². The van der Waals surface area contributed by atoms with Crippen molar-refractivity contribution in [3.63, 3.8) is 0 Å². The van der Waals surface area contributed by atoms with E-state index in [9.17, 15) is 26.4 Å². The van der Waals surface area contributed by atoms with Crippen molar-refractivity contribution < 1.29 is 26.4 Å². The Morgan fingerprint density at radius 1 is 1.27 bits per heavy atom. The van der Waals surface area contributed by atoms with Crippen LogP contribution >= 0.6 is 0 Å². The fraction of sp³-hybridized carbons (Fsp3) is 0.588. The number of nitrogens with one attached hydrogen (secondary N) is 1. The highest BCUT2D eigenvalue weighted by Gasteiger charge is 2.46. The van der Waals surface area contributed by atoms with Crippen LogP contribution in [0.5, 0.6) is 0 Å². The smallest absolute Gasteiger partial charge is 0.352 e. The summed E-state index contributed by atoms with van der Waals surface area (Å²) < 4.78 is 60.0. The predicted octanol–water partition coefficient (Wildman–Crippen LogP) is 2.83. The van der Waals surface area contributed by atoms with E-state index in [0.29, 0.717) is 12.5 Å². The van der Waals surface area contributed by atoms with Crippen LogP contribution in [0.3, 0.4) is 0 Å². The van der Waals surface area contributed by atoms with Gasteiger partial charge in [0, 0.05) is 18.7 Å². The van der Waals surface area contributed by atoms with Gasteiger partial charge in [-0.25, -0.2) is 8.42 Å². The van der Waals surface area contributed by atoms with E-state index in [0.717, 1.165) is 50.3 Å². The minimum atomic E-state index is -5.39. The van der Waals surface area contributed by atoms with Crippen molar-refractivity contribution in [2.75, 3.05) is 26.2 Å². The van der Waals surface area contributed by atoms with E-state index in [1.165, 1.54) is 12.8 Å². The first kappa shape index (κ1) is 20.7. The van der Waals surface area contributed by atoms with Gasteiger partial charge in [-0.3, -0.25) is 4.79 Å². The van der Waals surface area contributed by atoms with Crippen LogP contribution < -0.4 is 5.32 Å². The number of likely N-dealkylation sites (tertiary alicyclic amines) is 1. The quantitative estimate of drug-likeness (QED) is 0.756. The minimum absolute atomic E-state index is 0.123. The lowest BCUT2D eigenvalue weighted by Crippen LogP contribution is -2.36. The molecule has 1 heterocycles. The Morgan fingerprint density at radius 3 is 2.50 bits per heavy atom. The van der Waals surface area contributed by atoms with Crippen LogP contribution in [0.15, 0.2) is 29.2 Å². The third kappa shape index (κ3) is 5.20. The van der Waals surface area contributed by atoms with Crippen molar-refractivity contribution >= 4 is 15.7 Å². The average Bonchev–Trinajstić information content (AvgIpc) is 2.58. The third-order valence-electron chi connectivity index (χ3n) is 4.41. The number of carbonyl (C=O) groups excluding carboxylic acids is 1. The molecule has 1 aromatic rings. The molecule has 0 saturated carbocycles. The molecule has 1 saturated heterocycles. The molecule has 0 radical (unpaired) electrons. The molecular weight excluding hydrogens is 369 g/mol. The van der Waals surface area contributed by atoms with E-state index >= 15 is 0 Å². The largest absolute Gasteiger partial charge is 0.501 e. The zero-order valence-electron chi connectivity index (χ0n) is 14.6. The Kier molecular flexibility index (Phi) is 6.68. The molecule has 146 valence electrons. The summed E-state index contributed by atoms with van der Waals surface area (Å²) in [6, 6.07) is 3.76. The van der Waals surface area contributed by atoms with Gasteiger partial charge >= 0.3 is 5.51 Å². The lowest BCUT2D eigenvalue weighted by Gasteiger charge is -2.30. The van der Waals surface area contributed by atoms with Crippen LogP contribution in [-0.2, 0) is 9.84 Å². The normalized spacial score (nSPS) is 19.3. The summed E-state index contributed by atoms with van der Waals surface area (Å²) in [5.41, 5.74) is -5.24. The Bertz CT molecular complexity index is 718. The number of benzene rings is 1. The molecule has 5 nitrogen and oxygen atoms in total. The number of nitrogens with zero attached hydrogens (tertiary/aromatic N) is 1. The number of hydrogen-bond donors (Lipinski definition) is 1. The maximum absolute atomic E-state index is 12.5. The molecule has 1 atom stereocenters. The van der Waals surface area contributed by atoms with Crippen molar-refractivity contribution in [2.45, 2.75) is 36.6 Å². The SMILES string of the molecule is CC1CCCN(CCCNC(=O)c2ccc(S(=O)(=O)C(F)(F)F)cc2)C1. The van der Waals surface area contributed by atoms with Gasteiger partial charge in [-0.1, -0.05) is 6.92 Å². The first-order valence-corrected chi connectivity index (χ1v) is 10.0. The molecule has 1 unspecified atom stereocenters. The first-order valence-electron chi connectivity index (χ1n) is 8.53. The molecule has 2 rings (SSSR count). The molecule has 9 heteroatoms. The number of alkyl halides is 3. The van der Waals surface area contributed by atoms with E-state index in [1.54, 1.807) is 0 Å². The molecule has 1 aliphatic heterocycles. The summed E-state index contributed by atoms with van der Waals surface area (Å²) in [6.45, 7) is 5.67. The van der Waals surface area contributed by atoms with Gasteiger partial charge in [-0.05, 0) is 62.5 Å².